The molecule has 29 heavy (non-hydrogen) atoms. The summed E-state index contributed by atoms with van der Waals surface area (Å²) in [6.45, 7) is 4.05. The Balaban J connectivity index is 1.58. The molecule has 1 N–H and O–H groups in total. The van der Waals surface area contributed by atoms with Crippen LogP contribution in [0.4, 0.5) is 0 Å². The first-order chi connectivity index (χ1) is 14.2. The molecule has 1 fully saturated rings. The first-order valence-corrected chi connectivity index (χ1v) is 10.8. The second-order valence-corrected chi connectivity index (χ2v) is 7.94. The fourth-order valence-electron chi connectivity index (χ4n) is 4.48. The Hall–Kier alpha value is -2.70. The van der Waals surface area contributed by atoms with Gasteiger partial charge in [-0.15, -0.1) is 0 Å². The molecular formula is C22H29N5O2. The van der Waals surface area contributed by atoms with Crippen LogP contribution >= 0.6 is 0 Å². The molecule has 7 nitrogen and oxygen atoms in total. The van der Waals surface area contributed by atoms with Gasteiger partial charge in [0.25, 0.3) is 11.8 Å². The summed E-state index contributed by atoms with van der Waals surface area (Å²) in [4.78, 5) is 36.9. The number of imidazole rings is 1. The van der Waals surface area contributed by atoms with Crippen molar-refractivity contribution >= 4 is 11.8 Å². The molecule has 4 rings (SSSR count). The SMILES string of the molecule is CCC1CCCCN1C(=O)c1nc(C(=O)NCc2cccnc2)n2c1CCCC2. The van der Waals surface area contributed by atoms with Crippen LogP contribution in [0.2, 0.25) is 0 Å². The van der Waals surface area contributed by atoms with Crippen molar-refractivity contribution in [2.45, 2.75) is 71.0 Å². The molecule has 0 bridgehead atoms. The molecule has 0 radical (unpaired) electrons. The standard InChI is InChI=1S/C22H29N5O2/c1-2-17-9-3-5-12-26(17)22(29)19-18-10-4-6-13-27(18)20(25-19)21(28)24-15-16-8-7-11-23-14-16/h7-8,11,14,17H,2-6,9-10,12-13,15H2,1H3,(H,24,28). The monoisotopic (exact) mass is 395 g/mol. The summed E-state index contributed by atoms with van der Waals surface area (Å²) in [6.07, 6.45) is 10.5. The predicted octanol–water partition coefficient (Wildman–Crippen LogP) is 2.95. The largest absolute Gasteiger partial charge is 0.345 e. The highest BCUT2D eigenvalue weighted by Crippen LogP contribution is 2.26. The van der Waals surface area contributed by atoms with E-state index >= 15 is 0 Å². The van der Waals surface area contributed by atoms with Gasteiger partial charge in [0.05, 0.1) is 5.69 Å². The lowest BCUT2D eigenvalue weighted by Crippen LogP contribution is -2.44. The van der Waals surface area contributed by atoms with Crippen LogP contribution in [0.15, 0.2) is 24.5 Å². The molecule has 0 aliphatic carbocycles. The number of aromatic nitrogens is 3. The van der Waals surface area contributed by atoms with Crippen LogP contribution < -0.4 is 5.32 Å². The van der Waals surface area contributed by atoms with E-state index in [1.165, 1.54) is 6.42 Å². The third-order valence-corrected chi connectivity index (χ3v) is 6.06. The lowest BCUT2D eigenvalue weighted by atomic mass is 9.99. The molecule has 2 aliphatic rings. The van der Waals surface area contributed by atoms with E-state index in [4.69, 9.17) is 0 Å². The number of pyridine rings is 1. The van der Waals surface area contributed by atoms with Gasteiger partial charge in [0.15, 0.2) is 5.82 Å². The molecule has 7 heteroatoms. The van der Waals surface area contributed by atoms with E-state index in [2.05, 4.69) is 22.2 Å². The first-order valence-electron chi connectivity index (χ1n) is 10.8. The maximum absolute atomic E-state index is 13.4. The fraction of sp³-hybridized carbons (Fsp3) is 0.545. The van der Waals surface area contributed by atoms with E-state index in [1.807, 2.05) is 21.6 Å². The van der Waals surface area contributed by atoms with Gasteiger partial charge < -0.3 is 14.8 Å². The van der Waals surface area contributed by atoms with Crippen molar-refractivity contribution in [3.8, 4) is 0 Å². The van der Waals surface area contributed by atoms with Crippen LogP contribution in [0.5, 0.6) is 0 Å². The molecule has 0 aromatic carbocycles. The van der Waals surface area contributed by atoms with E-state index in [0.29, 0.717) is 18.1 Å². The molecule has 2 aromatic heterocycles. The van der Waals surface area contributed by atoms with Gasteiger partial charge in [-0.1, -0.05) is 13.0 Å². The van der Waals surface area contributed by atoms with Crippen molar-refractivity contribution in [3.63, 3.8) is 0 Å². The Kier molecular flexibility index (Phi) is 5.92. The third-order valence-electron chi connectivity index (χ3n) is 6.06. The minimum atomic E-state index is -0.235. The second kappa shape index (κ2) is 8.76. The number of fused-ring (bicyclic) bond motifs is 1. The Morgan fingerprint density at radius 2 is 2.07 bits per heavy atom. The molecule has 0 spiro atoms. The van der Waals surface area contributed by atoms with Crippen molar-refractivity contribution in [2.75, 3.05) is 6.54 Å². The van der Waals surface area contributed by atoms with E-state index in [9.17, 15) is 9.59 Å². The lowest BCUT2D eigenvalue weighted by Gasteiger charge is -2.35. The van der Waals surface area contributed by atoms with Gasteiger partial charge in [-0.05, 0) is 56.6 Å². The summed E-state index contributed by atoms with van der Waals surface area (Å²) in [5.41, 5.74) is 2.34. The average Bonchev–Trinajstić information content (AvgIpc) is 3.17. The van der Waals surface area contributed by atoms with E-state index in [-0.39, 0.29) is 17.9 Å². The van der Waals surface area contributed by atoms with Gasteiger partial charge in [-0.3, -0.25) is 14.6 Å². The Labute approximate surface area is 171 Å². The van der Waals surface area contributed by atoms with Crippen LogP contribution in [0, 0.1) is 0 Å². The molecule has 2 aliphatic heterocycles. The number of hydrogen-bond donors (Lipinski definition) is 1. The molecule has 2 aromatic rings. The number of nitrogens with one attached hydrogen (secondary N) is 1. The van der Waals surface area contributed by atoms with Crippen LogP contribution in [0.3, 0.4) is 0 Å². The Bertz CT molecular complexity index is 877. The molecule has 4 heterocycles. The fourth-order valence-corrected chi connectivity index (χ4v) is 4.48. The predicted molar refractivity (Wildman–Crippen MR) is 110 cm³/mol. The maximum Gasteiger partial charge on any atom is 0.287 e. The second-order valence-electron chi connectivity index (χ2n) is 7.94. The normalized spacial score (nSPS) is 18.9. The molecule has 2 amide bonds. The van der Waals surface area contributed by atoms with E-state index in [1.54, 1.807) is 12.4 Å². The molecule has 1 unspecified atom stereocenters. The van der Waals surface area contributed by atoms with Crippen LogP contribution in [-0.4, -0.2) is 43.8 Å². The van der Waals surface area contributed by atoms with Crippen molar-refractivity contribution in [2.24, 2.45) is 0 Å². The number of piperidine rings is 1. The van der Waals surface area contributed by atoms with Gasteiger partial charge in [0.2, 0.25) is 0 Å². The highest BCUT2D eigenvalue weighted by molar-refractivity contribution is 5.97. The molecule has 154 valence electrons. The zero-order chi connectivity index (χ0) is 20.2. The number of carbonyl (C=O) groups excluding carboxylic acids is 2. The highest BCUT2D eigenvalue weighted by Gasteiger charge is 2.33. The summed E-state index contributed by atoms with van der Waals surface area (Å²) >= 11 is 0. The summed E-state index contributed by atoms with van der Waals surface area (Å²) < 4.78 is 1.96. The van der Waals surface area contributed by atoms with Gasteiger partial charge in [-0.2, -0.15) is 0 Å². The van der Waals surface area contributed by atoms with Crippen molar-refractivity contribution in [1.82, 2.24) is 24.8 Å². The molecule has 1 saturated heterocycles. The van der Waals surface area contributed by atoms with Crippen LogP contribution in [-0.2, 0) is 19.5 Å². The van der Waals surface area contributed by atoms with Gasteiger partial charge >= 0.3 is 0 Å². The molecular weight excluding hydrogens is 366 g/mol. The van der Waals surface area contributed by atoms with E-state index < -0.39 is 0 Å². The average molecular weight is 396 g/mol. The summed E-state index contributed by atoms with van der Waals surface area (Å²) in [7, 11) is 0. The van der Waals surface area contributed by atoms with Gasteiger partial charge in [-0.25, -0.2) is 4.98 Å². The number of amides is 2. The molecule has 0 saturated carbocycles. The maximum atomic E-state index is 13.4. The van der Waals surface area contributed by atoms with Gasteiger partial charge in [0, 0.05) is 38.1 Å². The van der Waals surface area contributed by atoms with Crippen molar-refractivity contribution in [3.05, 3.63) is 47.3 Å². The number of hydrogen-bond acceptors (Lipinski definition) is 4. The Morgan fingerprint density at radius 3 is 2.86 bits per heavy atom. The number of likely N-dealkylation sites (tertiary alicyclic amines) is 1. The number of carbonyl (C=O) groups is 2. The Morgan fingerprint density at radius 1 is 1.21 bits per heavy atom. The van der Waals surface area contributed by atoms with Crippen LogP contribution in [0.1, 0.15) is 77.8 Å². The number of rotatable bonds is 5. The number of nitrogens with zero attached hydrogens (tertiary/aromatic N) is 4. The summed E-state index contributed by atoms with van der Waals surface area (Å²) in [5.74, 6) is 0.118. The summed E-state index contributed by atoms with van der Waals surface area (Å²) in [6, 6.07) is 4.04. The third kappa shape index (κ3) is 4.04. The molecule has 1 atom stereocenters. The summed E-state index contributed by atoms with van der Waals surface area (Å²) in [5, 5.41) is 2.93. The van der Waals surface area contributed by atoms with Crippen molar-refractivity contribution in [1.29, 1.82) is 0 Å². The zero-order valence-electron chi connectivity index (χ0n) is 17.1. The first kappa shape index (κ1) is 19.6. The zero-order valence-corrected chi connectivity index (χ0v) is 17.1. The van der Waals surface area contributed by atoms with E-state index in [0.717, 1.165) is 62.9 Å². The van der Waals surface area contributed by atoms with Gasteiger partial charge in [0.1, 0.15) is 5.69 Å². The van der Waals surface area contributed by atoms with Crippen LogP contribution in [0.25, 0.3) is 0 Å². The topological polar surface area (TPSA) is 80.1 Å². The quantitative estimate of drug-likeness (QED) is 0.844. The smallest absolute Gasteiger partial charge is 0.287 e. The highest BCUT2D eigenvalue weighted by atomic mass is 16.2. The minimum Gasteiger partial charge on any atom is -0.345 e. The minimum absolute atomic E-state index is 0.00601. The lowest BCUT2D eigenvalue weighted by molar-refractivity contribution is 0.0600. The van der Waals surface area contributed by atoms with Crippen molar-refractivity contribution < 1.29 is 9.59 Å².